The minimum atomic E-state index is -0.526. The van der Waals surface area contributed by atoms with Crippen molar-refractivity contribution in [3.63, 3.8) is 0 Å². The third-order valence-corrected chi connectivity index (χ3v) is 2.92. The summed E-state index contributed by atoms with van der Waals surface area (Å²) >= 11 is 0. The Balaban J connectivity index is 2.32. The highest BCUT2D eigenvalue weighted by Crippen LogP contribution is 2.31. The molecule has 0 amide bonds. The highest BCUT2D eigenvalue weighted by Gasteiger charge is 2.11. The first-order valence-corrected chi connectivity index (χ1v) is 6.65. The van der Waals surface area contributed by atoms with Gasteiger partial charge in [0.25, 0.3) is 0 Å². The van der Waals surface area contributed by atoms with Crippen molar-refractivity contribution in [2.24, 2.45) is 0 Å². The van der Waals surface area contributed by atoms with E-state index in [1.165, 1.54) is 18.2 Å². The van der Waals surface area contributed by atoms with E-state index in [2.05, 4.69) is 5.32 Å². The molecule has 0 heterocycles. The van der Waals surface area contributed by atoms with Crippen LogP contribution in [0.4, 0.5) is 25.8 Å². The number of halogens is 2. The molecule has 0 saturated heterocycles. The first kappa shape index (κ1) is 15.1. The Morgan fingerprint density at radius 1 is 1.10 bits per heavy atom. The van der Waals surface area contributed by atoms with E-state index in [1.54, 1.807) is 32.9 Å². The van der Waals surface area contributed by atoms with Gasteiger partial charge in [0, 0.05) is 17.8 Å². The van der Waals surface area contributed by atoms with E-state index in [9.17, 15) is 8.78 Å². The molecule has 2 rings (SSSR count). The number of benzene rings is 2. The molecule has 3 nitrogen and oxygen atoms in total. The van der Waals surface area contributed by atoms with Crippen molar-refractivity contribution in [2.75, 3.05) is 11.1 Å². The van der Waals surface area contributed by atoms with E-state index in [4.69, 9.17) is 10.5 Å². The van der Waals surface area contributed by atoms with Gasteiger partial charge in [-0.1, -0.05) is 6.07 Å². The summed E-state index contributed by atoms with van der Waals surface area (Å²) in [5, 5.41) is 2.97. The van der Waals surface area contributed by atoms with Gasteiger partial charge in [-0.25, -0.2) is 8.78 Å². The van der Waals surface area contributed by atoms with Crippen molar-refractivity contribution in [1.29, 1.82) is 0 Å². The number of hydrogen-bond acceptors (Lipinski definition) is 3. The second-order valence-electron chi connectivity index (χ2n) is 5.13. The van der Waals surface area contributed by atoms with Gasteiger partial charge in [-0.2, -0.15) is 0 Å². The Hall–Kier alpha value is -2.30. The molecule has 2 aromatic rings. The Morgan fingerprint density at radius 2 is 1.81 bits per heavy atom. The van der Waals surface area contributed by atoms with Gasteiger partial charge in [0.1, 0.15) is 5.82 Å². The van der Waals surface area contributed by atoms with Crippen LogP contribution in [0, 0.1) is 18.6 Å². The first-order valence-electron chi connectivity index (χ1n) is 6.65. The minimum Gasteiger partial charge on any atom is -0.488 e. The molecular formula is C16H18F2N2O. The topological polar surface area (TPSA) is 47.3 Å². The molecule has 0 fully saturated rings. The van der Waals surface area contributed by atoms with E-state index < -0.39 is 5.82 Å². The number of hydrogen-bond donors (Lipinski definition) is 2. The molecule has 0 aliphatic rings. The lowest BCUT2D eigenvalue weighted by Gasteiger charge is -2.15. The number of rotatable bonds is 4. The smallest absolute Gasteiger partial charge is 0.167 e. The van der Waals surface area contributed by atoms with Crippen molar-refractivity contribution in [3.8, 4) is 5.75 Å². The van der Waals surface area contributed by atoms with Gasteiger partial charge in [-0.3, -0.25) is 0 Å². The summed E-state index contributed by atoms with van der Waals surface area (Å²) in [7, 11) is 0. The summed E-state index contributed by atoms with van der Waals surface area (Å²) in [6.45, 7) is 5.29. The van der Waals surface area contributed by atoms with Crippen LogP contribution >= 0.6 is 0 Å². The van der Waals surface area contributed by atoms with Gasteiger partial charge in [-0.05, 0) is 38.5 Å². The lowest BCUT2D eigenvalue weighted by atomic mass is 10.2. The van der Waals surface area contributed by atoms with Crippen LogP contribution in [-0.2, 0) is 0 Å². The van der Waals surface area contributed by atoms with Gasteiger partial charge in [0.15, 0.2) is 11.6 Å². The van der Waals surface area contributed by atoms with Gasteiger partial charge in [0.2, 0.25) is 0 Å². The van der Waals surface area contributed by atoms with E-state index in [0.717, 1.165) is 0 Å². The second-order valence-corrected chi connectivity index (χ2v) is 5.13. The maximum atomic E-state index is 13.8. The van der Waals surface area contributed by atoms with Crippen molar-refractivity contribution in [1.82, 2.24) is 0 Å². The van der Waals surface area contributed by atoms with Crippen molar-refractivity contribution in [3.05, 3.63) is 47.5 Å². The van der Waals surface area contributed by atoms with Crippen LogP contribution in [0.15, 0.2) is 30.3 Å². The van der Waals surface area contributed by atoms with Gasteiger partial charge < -0.3 is 15.8 Å². The quantitative estimate of drug-likeness (QED) is 0.822. The van der Waals surface area contributed by atoms with E-state index in [-0.39, 0.29) is 23.4 Å². The molecule has 0 aromatic heterocycles. The monoisotopic (exact) mass is 292 g/mol. The van der Waals surface area contributed by atoms with Crippen LogP contribution in [0.25, 0.3) is 0 Å². The lowest BCUT2D eigenvalue weighted by molar-refractivity contribution is 0.231. The summed E-state index contributed by atoms with van der Waals surface area (Å²) in [5.74, 6) is -0.740. The first-order chi connectivity index (χ1) is 9.86. The summed E-state index contributed by atoms with van der Waals surface area (Å²) < 4.78 is 32.7. The van der Waals surface area contributed by atoms with Crippen LogP contribution in [0.3, 0.4) is 0 Å². The average Bonchev–Trinajstić information content (AvgIpc) is 2.39. The molecule has 0 radical (unpaired) electrons. The predicted octanol–water partition coefficient (Wildman–Crippen LogP) is 4.39. The third-order valence-electron chi connectivity index (χ3n) is 2.92. The van der Waals surface area contributed by atoms with Crippen LogP contribution in [-0.4, -0.2) is 6.10 Å². The standard InChI is InChI=1S/C16H18F2N2O/c1-9(2)21-16-8-15(14(19)7-13(16)18)20-11-5-4-10(3)12(17)6-11/h4-9,20H,19H2,1-3H3. The average molecular weight is 292 g/mol. The number of nitrogens with one attached hydrogen (secondary N) is 1. The van der Waals surface area contributed by atoms with Gasteiger partial charge in [-0.15, -0.1) is 0 Å². The molecule has 0 unspecified atom stereocenters. The van der Waals surface area contributed by atoms with Crippen LogP contribution in [0.1, 0.15) is 19.4 Å². The summed E-state index contributed by atoms with van der Waals surface area (Å²) in [6, 6.07) is 7.40. The molecule has 0 aliphatic heterocycles. The maximum Gasteiger partial charge on any atom is 0.167 e. The number of ether oxygens (including phenoxy) is 1. The van der Waals surface area contributed by atoms with E-state index in [1.807, 2.05) is 0 Å². The molecule has 3 N–H and O–H groups in total. The molecule has 112 valence electrons. The van der Waals surface area contributed by atoms with Crippen LogP contribution < -0.4 is 15.8 Å². The third kappa shape index (κ3) is 3.62. The predicted molar refractivity (Wildman–Crippen MR) is 81.0 cm³/mol. The number of anilines is 3. The zero-order valence-electron chi connectivity index (χ0n) is 12.2. The lowest BCUT2D eigenvalue weighted by Crippen LogP contribution is -2.08. The Bertz CT molecular complexity index is 657. The normalized spacial score (nSPS) is 10.8. The zero-order chi connectivity index (χ0) is 15.6. The Kier molecular flexibility index (Phi) is 4.31. The second kappa shape index (κ2) is 5.99. The fourth-order valence-electron chi connectivity index (χ4n) is 1.85. The molecule has 0 bridgehead atoms. The molecule has 2 aromatic carbocycles. The van der Waals surface area contributed by atoms with Crippen molar-refractivity contribution >= 4 is 17.1 Å². The van der Waals surface area contributed by atoms with Crippen LogP contribution in [0.2, 0.25) is 0 Å². The van der Waals surface area contributed by atoms with Crippen molar-refractivity contribution < 1.29 is 13.5 Å². The minimum absolute atomic E-state index is 0.106. The van der Waals surface area contributed by atoms with E-state index in [0.29, 0.717) is 16.9 Å². The Labute approximate surface area is 122 Å². The molecule has 0 spiro atoms. The van der Waals surface area contributed by atoms with Gasteiger partial charge >= 0.3 is 0 Å². The molecule has 0 saturated carbocycles. The SMILES string of the molecule is Cc1ccc(Nc2cc(OC(C)C)c(F)cc2N)cc1F. The number of aryl methyl sites for hydroxylation is 1. The summed E-state index contributed by atoms with van der Waals surface area (Å²) in [6.07, 6.45) is -0.159. The summed E-state index contributed by atoms with van der Waals surface area (Å²) in [5.41, 5.74) is 7.57. The fourth-order valence-corrected chi connectivity index (χ4v) is 1.85. The largest absolute Gasteiger partial charge is 0.488 e. The van der Waals surface area contributed by atoms with Gasteiger partial charge in [0.05, 0.1) is 17.5 Å². The fraction of sp³-hybridized carbons (Fsp3) is 0.250. The molecule has 0 aliphatic carbocycles. The van der Waals surface area contributed by atoms with Crippen molar-refractivity contribution in [2.45, 2.75) is 26.9 Å². The number of nitrogens with two attached hydrogens (primary N) is 1. The molecule has 0 atom stereocenters. The highest BCUT2D eigenvalue weighted by atomic mass is 19.1. The summed E-state index contributed by atoms with van der Waals surface area (Å²) in [4.78, 5) is 0. The molecule has 21 heavy (non-hydrogen) atoms. The van der Waals surface area contributed by atoms with Crippen LogP contribution in [0.5, 0.6) is 5.75 Å². The molecule has 5 heteroatoms. The number of nitrogen functional groups attached to an aromatic ring is 1. The zero-order valence-corrected chi connectivity index (χ0v) is 12.2. The Morgan fingerprint density at radius 3 is 2.43 bits per heavy atom. The van der Waals surface area contributed by atoms with E-state index >= 15 is 0 Å². The maximum absolute atomic E-state index is 13.8. The highest BCUT2D eigenvalue weighted by molar-refractivity contribution is 5.74. The molecular weight excluding hydrogens is 274 g/mol.